The van der Waals surface area contributed by atoms with Gasteiger partial charge in [0.25, 0.3) is 11.5 Å². The van der Waals surface area contributed by atoms with E-state index in [9.17, 15) is 14.4 Å². The van der Waals surface area contributed by atoms with Crippen molar-refractivity contribution in [2.45, 2.75) is 59.9 Å². The summed E-state index contributed by atoms with van der Waals surface area (Å²) < 4.78 is 2.96. The first-order valence-electron chi connectivity index (χ1n) is 11.0. The topological polar surface area (TPSA) is 132 Å². The van der Waals surface area contributed by atoms with Gasteiger partial charge in [0.2, 0.25) is 0 Å². The van der Waals surface area contributed by atoms with E-state index in [2.05, 4.69) is 15.1 Å². The summed E-state index contributed by atoms with van der Waals surface area (Å²) in [4.78, 5) is 47.3. The molecule has 0 aliphatic carbocycles. The van der Waals surface area contributed by atoms with Gasteiger partial charge >= 0.3 is 5.69 Å². The van der Waals surface area contributed by atoms with Gasteiger partial charge in [-0.1, -0.05) is 26.7 Å². The zero-order valence-electron chi connectivity index (χ0n) is 19.4. The molecular weight excluding hydrogens is 410 g/mol. The molecule has 0 spiro atoms. The van der Waals surface area contributed by atoms with Crippen LogP contribution in [-0.4, -0.2) is 36.8 Å². The zero-order valence-corrected chi connectivity index (χ0v) is 19.4. The van der Waals surface area contributed by atoms with E-state index in [1.807, 2.05) is 20.8 Å². The van der Waals surface area contributed by atoms with Crippen LogP contribution in [0.25, 0.3) is 11.0 Å². The number of unbranched alkanes of at least 4 members (excludes halogenated alkanes) is 2. The summed E-state index contributed by atoms with van der Waals surface area (Å²) in [5.74, 6) is -0.371. The van der Waals surface area contributed by atoms with E-state index in [0.29, 0.717) is 41.0 Å². The number of carbonyl (C=O) groups is 1. The first-order chi connectivity index (χ1) is 15.2. The number of aromatic amines is 1. The standard InChI is InChI=1S/C22H31N7O3/c1-6-8-10-28(17-18(23)29(11-9-7-2)22(32)25-20(17)30)21(31)15-12-13(3)24-19-16(15)14(4)26-27(19)5/h12H,6-11,23H2,1-5H3,(H,25,30,32). The number of aromatic nitrogens is 5. The second-order valence-electron chi connectivity index (χ2n) is 8.03. The molecule has 3 N–H and O–H groups in total. The van der Waals surface area contributed by atoms with Gasteiger partial charge in [-0.3, -0.25) is 23.8 Å². The van der Waals surface area contributed by atoms with Gasteiger partial charge in [0, 0.05) is 25.8 Å². The Morgan fingerprint density at radius 1 is 1.19 bits per heavy atom. The van der Waals surface area contributed by atoms with E-state index in [0.717, 1.165) is 19.3 Å². The number of rotatable bonds is 8. The van der Waals surface area contributed by atoms with Gasteiger partial charge in [0.15, 0.2) is 11.3 Å². The number of anilines is 2. The lowest BCUT2D eigenvalue weighted by Gasteiger charge is -2.25. The van der Waals surface area contributed by atoms with Gasteiger partial charge in [-0.15, -0.1) is 0 Å². The summed E-state index contributed by atoms with van der Waals surface area (Å²) in [6.45, 7) is 8.27. The van der Waals surface area contributed by atoms with Crippen LogP contribution in [0.4, 0.5) is 11.5 Å². The van der Waals surface area contributed by atoms with Crippen LogP contribution >= 0.6 is 0 Å². The predicted molar refractivity (Wildman–Crippen MR) is 125 cm³/mol. The lowest BCUT2D eigenvalue weighted by atomic mass is 10.1. The number of hydrogen-bond donors (Lipinski definition) is 2. The number of nitrogen functional groups attached to an aromatic ring is 1. The molecule has 0 aliphatic rings. The van der Waals surface area contributed by atoms with Gasteiger partial charge in [-0.05, 0) is 32.8 Å². The Morgan fingerprint density at radius 2 is 1.88 bits per heavy atom. The number of aryl methyl sites for hydroxylation is 3. The van der Waals surface area contributed by atoms with Crippen molar-refractivity contribution in [2.75, 3.05) is 17.2 Å². The Balaban J connectivity index is 2.23. The van der Waals surface area contributed by atoms with Gasteiger partial charge in [0.1, 0.15) is 5.82 Å². The van der Waals surface area contributed by atoms with Gasteiger partial charge in [-0.25, -0.2) is 9.78 Å². The maximum absolute atomic E-state index is 13.9. The third-order valence-corrected chi connectivity index (χ3v) is 5.53. The molecule has 0 atom stereocenters. The molecule has 32 heavy (non-hydrogen) atoms. The number of hydrogen-bond acceptors (Lipinski definition) is 6. The summed E-state index contributed by atoms with van der Waals surface area (Å²) in [5.41, 5.74) is 7.40. The number of H-pyrrole nitrogens is 1. The van der Waals surface area contributed by atoms with Crippen LogP contribution in [0.2, 0.25) is 0 Å². The fourth-order valence-corrected chi connectivity index (χ4v) is 3.89. The highest BCUT2D eigenvalue weighted by Gasteiger charge is 2.28. The molecule has 172 valence electrons. The number of carbonyl (C=O) groups excluding carboxylic acids is 1. The van der Waals surface area contributed by atoms with Crippen LogP contribution in [0, 0.1) is 13.8 Å². The number of amides is 1. The maximum atomic E-state index is 13.9. The van der Waals surface area contributed by atoms with Crippen molar-refractivity contribution in [1.29, 1.82) is 0 Å². The van der Waals surface area contributed by atoms with E-state index in [-0.39, 0.29) is 24.0 Å². The fraction of sp³-hybridized carbons (Fsp3) is 0.500. The Bertz CT molecular complexity index is 1270. The molecule has 3 rings (SSSR count). The second-order valence-corrected chi connectivity index (χ2v) is 8.03. The highest BCUT2D eigenvalue weighted by molar-refractivity contribution is 6.14. The van der Waals surface area contributed by atoms with Crippen LogP contribution in [0.15, 0.2) is 15.7 Å². The van der Waals surface area contributed by atoms with Crippen molar-refractivity contribution in [2.24, 2.45) is 7.05 Å². The predicted octanol–water partition coefficient (Wildman–Crippen LogP) is 2.26. The number of nitrogens with two attached hydrogens (primary N) is 1. The molecule has 0 saturated heterocycles. The summed E-state index contributed by atoms with van der Waals surface area (Å²) >= 11 is 0. The summed E-state index contributed by atoms with van der Waals surface area (Å²) in [5, 5.41) is 5.05. The van der Waals surface area contributed by atoms with E-state index in [1.165, 1.54) is 9.47 Å². The second kappa shape index (κ2) is 9.37. The van der Waals surface area contributed by atoms with Crippen LogP contribution in [0.3, 0.4) is 0 Å². The van der Waals surface area contributed by atoms with Crippen molar-refractivity contribution in [3.63, 3.8) is 0 Å². The Hall–Kier alpha value is -3.43. The van der Waals surface area contributed by atoms with Crippen LogP contribution in [0.1, 0.15) is 61.3 Å². The molecule has 0 fully saturated rings. The largest absolute Gasteiger partial charge is 0.383 e. The molecule has 0 aromatic carbocycles. The van der Waals surface area contributed by atoms with Crippen LogP contribution in [0.5, 0.6) is 0 Å². The lowest BCUT2D eigenvalue weighted by Crippen LogP contribution is -2.41. The maximum Gasteiger partial charge on any atom is 0.330 e. The summed E-state index contributed by atoms with van der Waals surface area (Å²) in [7, 11) is 1.77. The van der Waals surface area contributed by atoms with Crippen molar-refractivity contribution in [1.82, 2.24) is 24.3 Å². The van der Waals surface area contributed by atoms with E-state index in [1.54, 1.807) is 24.7 Å². The fourth-order valence-electron chi connectivity index (χ4n) is 3.89. The number of nitrogens with zero attached hydrogens (tertiary/aromatic N) is 5. The average Bonchev–Trinajstić information content (AvgIpc) is 3.02. The average molecular weight is 442 g/mol. The molecule has 10 heteroatoms. The number of pyridine rings is 1. The van der Waals surface area contributed by atoms with Crippen molar-refractivity contribution in [3.8, 4) is 0 Å². The Labute approximate surface area is 186 Å². The molecule has 1 amide bonds. The van der Waals surface area contributed by atoms with Crippen LogP contribution < -0.4 is 21.9 Å². The molecule has 3 aromatic heterocycles. The monoisotopic (exact) mass is 441 g/mol. The third-order valence-electron chi connectivity index (χ3n) is 5.53. The molecule has 0 radical (unpaired) electrons. The van der Waals surface area contributed by atoms with Crippen molar-refractivity contribution < 1.29 is 4.79 Å². The van der Waals surface area contributed by atoms with Crippen molar-refractivity contribution >= 4 is 28.4 Å². The first-order valence-corrected chi connectivity index (χ1v) is 11.0. The molecule has 0 aliphatic heterocycles. The smallest absolute Gasteiger partial charge is 0.330 e. The molecule has 0 saturated carbocycles. The first kappa shape index (κ1) is 23.2. The Morgan fingerprint density at radius 3 is 2.53 bits per heavy atom. The molecule has 3 aromatic rings. The number of fused-ring (bicyclic) bond motifs is 1. The van der Waals surface area contributed by atoms with Gasteiger partial charge in [-0.2, -0.15) is 5.10 Å². The summed E-state index contributed by atoms with van der Waals surface area (Å²) in [6, 6.07) is 1.70. The molecule has 10 nitrogen and oxygen atoms in total. The lowest BCUT2D eigenvalue weighted by molar-refractivity contribution is 0.0987. The highest BCUT2D eigenvalue weighted by Crippen LogP contribution is 2.26. The van der Waals surface area contributed by atoms with Crippen LogP contribution in [-0.2, 0) is 13.6 Å². The Kier molecular flexibility index (Phi) is 6.81. The normalized spacial score (nSPS) is 11.3. The van der Waals surface area contributed by atoms with Gasteiger partial charge < -0.3 is 10.6 Å². The molecule has 0 unspecified atom stereocenters. The quantitative estimate of drug-likeness (QED) is 0.551. The highest BCUT2D eigenvalue weighted by atomic mass is 16.2. The van der Waals surface area contributed by atoms with E-state index >= 15 is 0 Å². The minimum Gasteiger partial charge on any atom is -0.383 e. The minimum absolute atomic E-state index is 0.00147. The molecule has 3 heterocycles. The van der Waals surface area contributed by atoms with Crippen molar-refractivity contribution in [3.05, 3.63) is 43.9 Å². The zero-order chi connectivity index (χ0) is 23.6. The number of nitrogens with one attached hydrogen (secondary N) is 1. The molecular formula is C22H31N7O3. The van der Waals surface area contributed by atoms with E-state index in [4.69, 9.17) is 5.73 Å². The van der Waals surface area contributed by atoms with Gasteiger partial charge in [0.05, 0.1) is 16.6 Å². The third kappa shape index (κ3) is 4.17. The SMILES string of the molecule is CCCCN(C(=O)c1cc(C)nc2c1c(C)nn2C)c1c(N)n(CCCC)c(=O)[nH]c1=O. The van der Waals surface area contributed by atoms with E-state index < -0.39 is 11.2 Å². The minimum atomic E-state index is -0.672. The molecule has 0 bridgehead atoms. The summed E-state index contributed by atoms with van der Waals surface area (Å²) in [6.07, 6.45) is 3.05.